The van der Waals surface area contributed by atoms with Crippen LogP contribution < -0.4 is 5.32 Å². The molecule has 118 valence electrons. The average Bonchev–Trinajstić information content (AvgIpc) is 2.41. The summed E-state index contributed by atoms with van der Waals surface area (Å²) in [5.74, 6) is 0.492. The second kappa shape index (κ2) is 10.00. The number of hydrogen-bond donors (Lipinski definition) is 2. The fourth-order valence-electron chi connectivity index (χ4n) is 2.69. The fraction of sp³-hybridized carbons (Fsp3) is 0.933. The molecular formula is C15H30N2O3. The minimum absolute atomic E-state index is 0.393. The van der Waals surface area contributed by atoms with Crippen LogP contribution in [-0.4, -0.2) is 56.0 Å². The molecule has 0 radical (unpaired) electrons. The van der Waals surface area contributed by atoms with Crippen LogP contribution in [0.15, 0.2) is 0 Å². The molecule has 2 N–H and O–H groups in total. The molecule has 0 aromatic heterocycles. The minimum atomic E-state index is -0.916. The molecule has 5 nitrogen and oxygen atoms in total. The van der Waals surface area contributed by atoms with Gasteiger partial charge in [0.05, 0.1) is 6.10 Å². The number of unbranched alkanes of at least 4 members (excludes halogenated alkanes) is 2. The molecular weight excluding hydrogens is 256 g/mol. The Labute approximate surface area is 122 Å². The van der Waals surface area contributed by atoms with E-state index in [0.29, 0.717) is 18.6 Å². The van der Waals surface area contributed by atoms with Crippen LogP contribution in [-0.2, 0) is 4.74 Å². The van der Waals surface area contributed by atoms with Gasteiger partial charge >= 0.3 is 6.09 Å². The lowest BCUT2D eigenvalue weighted by molar-refractivity contribution is 0.0162. The normalized spacial score (nSPS) is 22.9. The highest BCUT2D eigenvalue weighted by Gasteiger charge is 2.21. The van der Waals surface area contributed by atoms with Crippen molar-refractivity contribution in [1.82, 2.24) is 10.2 Å². The van der Waals surface area contributed by atoms with Crippen LogP contribution in [0, 0.1) is 5.92 Å². The number of rotatable bonds is 9. The maximum absolute atomic E-state index is 10.4. The smallest absolute Gasteiger partial charge is 0.404 e. The first-order valence-corrected chi connectivity index (χ1v) is 7.81. The maximum Gasteiger partial charge on any atom is 0.404 e. The van der Waals surface area contributed by atoms with Gasteiger partial charge in [0.2, 0.25) is 0 Å². The Balaban J connectivity index is 1.95. The van der Waals surface area contributed by atoms with Crippen molar-refractivity contribution in [2.45, 2.75) is 51.0 Å². The van der Waals surface area contributed by atoms with E-state index in [4.69, 9.17) is 9.84 Å². The van der Waals surface area contributed by atoms with Gasteiger partial charge in [-0.15, -0.1) is 0 Å². The molecule has 5 heteroatoms. The van der Waals surface area contributed by atoms with Crippen LogP contribution in [0.4, 0.5) is 4.79 Å². The predicted molar refractivity (Wildman–Crippen MR) is 80.1 cm³/mol. The summed E-state index contributed by atoms with van der Waals surface area (Å²) in [4.78, 5) is 12.7. The Morgan fingerprint density at radius 1 is 1.20 bits per heavy atom. The first-order chi connectivity index (χ1) is 9.58. The second-order valence-corrected chi connectivity index (χ2v) is 6.06. The zero-order chi connectivity index (χ0) is 14.8. The van der Waals surface area contributed by atoms with Crippen LogP contribution in [0.5, 0.6) is 0 Å². The van der Waals surface area contributed by atoms with Gasteiger partial charge in [-0.25, -0.2) is 4.79 Å². The highest BCUT2D eigenvalue weighted by Crippen LogP contribution is 2.25. The molecule has 0 aliphatic heterocycles. The third kappa shape index (κ3) is 8.38. The molecule has 1 fully saturated rings. The molecule has 0 unspecified atom stereocenters. The predicted octanol–water partition coefficient (Wildman–Crippen LogP) is 2.56. The Morgan fingerprint density at radius 2 is 1.90 bits per heavy atom. The molecule has 1 saturated carbocycles. The average molecular weight is 286 g/mol. The van der Waals surface area contributed by atoms with Crippen LogP contribution in [0.1, 0.15) is 44.9 Å². The van der Waals surface area contributed by atoms with Gasteiger partial charge in [-0.3, -0.25) is 0 Å². The van der Waals surface area contributed by atoms with Gasteiger partial charge in [0.25, 0.3) is 0 Å². The number of carbonyl (C=O) groups is 1. The first-order valence-electron chi connectivity index (χ1n) is 7.81. The fourth-order valence-corrected chi connectivity index (χ4v) is 2.69. The topological polar surface area (TPSA) is 61.8 Å². The van der Waals surface area contributed by atoms with E-state index in [9.17, 15) is 4.79 Å². The van der Waals surface area contributed by atoms with Crippen molar-refractivity contribution >= 4 is 6.09 Å². The Morgan fingerprint density at radius 3 is 2.50 bits per heavy atom. The van der Waals surface area contributed by atoms with E-state index in [0.717, 1.165) is 45.3 Å². The molecule has 0 saturated heterocycles. The zero-order valence-corrected chi connectivity index (χ0v) is 12.9. The summed E-state index contributed by atoms with van der Waals surface area (Å²) in [6.45, 7) is 2.62. The molecule has 0 heterocycles. The molecule has 1 aliphatic rings. The monoisotopic (exact) mass is 286 g/mol. The molecule has 0 aromatic carbocycles. The number of hydrogen-bond acceptors (Lipinski definition) is 3. The summed E-state index contributed by atoms with van der Waals surface area (Å²) < 4.78 is 5.91. The lowest BCUT2D eigenvalue weighted by Crippen LogP contribution is -2.31. The van der Waals surface area contributed by atoms with E-state index < -0.39 is 6.09 Å². The van der Waals surface area contributed by atoms with Crippen molar-refractivity contribution in [3.63, 3.8) is 0 Å². The number of amides is 1. The molecule has 0 aromatic rings. The van der Waals surface area contributed by atoms with Gasteiger partial charge in [0, 0.05) is 13.2 Å². The zero-order valence-electron chi connectivity index (χ0n) is 12.9. The number of carboxylic acid groups (broad SMARTS) is 1. The summed E-state index contributed by atoms with van der Waals surface area (Å²) in [5, 5.41) is 11.1. The van der Waals surface area contributed by atoms with E-state index in [-0.39, 0.29) is 0 Å². The van der Waals surface area contributed by atoms with Crippen LogP contribution >= 0.6 is 0 Å². The largest absolute Gasteiger partial charge is 0.465 e. The van der Waals surface area contributed by atoms with Gasteiger partial charge in [0.15, 0.2) is 0 Å². The highest BCUT2D eigenvalue weighted by atomic mass is 16.5. The van der Waals surface area contributed by atoms with Crippen LogP contribution in [0.25, 0.3) is 0 Å². The Kier molecular flexibility index (Phi) is 8.62. The van der Waals surface area contributed by atoms with Crippen molar-refractivity contribution in [2.75, 3.05) is 33.8 Å². The first kappa shape index (κ1) is 17.2. The summed E-state index contributed by atoms with van der Waals surface area (Å²) in [7, 11) is 4.21. The van der Waals surface area contributed by atoms with Gasteiger partial charge in [-0.2, -0.15) is 0 Å². The lowest BCUT2D eigenvalue weighted by Gasteiger charge is -2.28. The minimum Gasteiger partial charge on any atom is -0.465 e. The van der Waals surface area contributed by atoms with E-state index in [1.165, 1.54) is 12.8 Å². The van der Waals surface area contributed by atoms with Crippen LogP contribution in [0.3, 0.4) is 0 Å². The lowest BCUT2D eigenvalue weighted by atomic mass is 9.87. The molecule has 0 bridgehead atoms. The number of nitrogens with one attached hydrogen (secondary N) is 1. The third-order valence-corrected chi connectivity index (χ3v) is 3.94. The molecule has 0 atom stereocenters. The Bertz CT molecular complexity index is 264. The molecule has 20 heavy (non-hydrogen) atoms. The highest BCUT2D eigenvalue weighted by molar-refractivity contribution is 5.64. The molecule has 1 amide bonds. The van der Waals surface area contributed by atoms with Crippen LogP contribution in [0.2, 0.25) is 0 Å². The summed E-state index contributed by atoms with van der Waals surface area (Å²) in [6, 6.07) is 0. The molecule has 1 aliphatic carbocycles. The quantitative estimate of drug-likeness (QED) is 0.640. The van der Waals surface area contributed by atoms with Gasteiger partial charge in [-0.05, 0) is 71.5 Å². The van der Waals surface area contributed by atoms with E-state index >= 15 is 0 Å². The number of nitrogens with zero attached hydrogens (tertiary/aromatic N) is 1. The summed E-state index contributed by atoms with van der Waals surface area (Å²) in [5.41, 5.74) is 0. The standard InChI is InChI=1S/C15H30N2O3/c1-17(2)10-4-3-5-11-20-14-8-6-13(7-9-14)12-16-15(18)19/h13-14,16H,3-12H2,1-2H3,(H,18,19). The van der Waals surface area contributed by atoms with Gasteiger partial charge < -0.3 is 20.1 Å². The third-order valence-electron chi connectivity index (χ3n) is 3.94. The second-order valence-electron chi connectivity index (χ2n) is 6.06. The van der Waals surface area contributed by atoms with Crippen molar-refractivity contribution < 1.29 is 14.6 Å². The van der Waals surface area contributed by atoms with Crippen molar-refractivity contribution in [3.05, 3.63) is 0 Å². The van der Waals surface area contributed by atoms with Gasteiger partial charge in [-0.1, -0.05) is 0 Å². The maximum atomic E-state index is 10.4. The Hall–Kier alpha value is -0.810. The molecule has 1 rings (SSSR count). The van der Waals surface area contributed by atoms with Gasteiger partial charge in [0.1, 0.15) is 0 Å². The summed E-state index contributed by atoms with van der Waals surface area (Å²) in [6.07, 6.45) is 7.39. The molecule has 0 spiro atoms. The van der Waals surface area contributed by atoms with Crippen molar-refractivity contribution in [3.8, 4) is 0 Å². The van der Waals surface area contributed by atoms with Crippen molar-refractivity contribution in [2.24, 2.45) is 5.92 Å². The van der Waals surface area contributed by atoms with E-state index in [2.05, 4.69) is 24.3 Å². The summed E-state index contributed by atoms with van der Waals surface area (Å²) >= 11 is 0. The SMILES string of the molecule is CN(C)CCCCCOC1CCC(CNC(=O)O)CC1. The van der Waals surface area contributed by atoms with Crippen molar-refractivity contribution in [1.29, 1.82) is 0 Å². The number of ether oxygens (including phenoxy) is 1. The van der Waals surface area contributed by atoms with E-state index in [1.54, 1.807) is 0 Å². The van der Waals surface area contributed by atoms with E-state index in [1.807, 2.05) is 0 Å².